The number of hydrazone groups is 1. The number of hydrogen-bond acceptors (Lipinski definition) is 6. The number of aryl methyl sites for hydroxylation is 1. The van der Waals surface area contributed by atoms with Crippen molar-refractivity contribution >= 4 is 45.1 Å². The molecule has 12 heteroatoms. The van der Waals surface area contributed by atoms with Crippen molar-refractivity contribution in [3.8, 4) is 5.69 Å². The average Bonchev–Trinajstić information content (AvgIpc) is 3.20. The summed E-state index contributed by atoms with van der Waals surface area (Å²) in [6.45, 7) is 3.07. The van der Waals surface area contributed by atoms with Crippen molar-refractivity contribution in [3.05, 3.63) is 117 Å². The third-order valence-electron chi connectivity index (χ3n) is 5.90. The summed E-state index contributed by atoms with van der Waals surface area (Å²) in [7, 11) is -4.32. The molecule has 0 saturated carbocycles. The molecule has 4 rings (SSSR count). The quantitative estimate of drug-likeness (QED) is 0.173. The van der Waals surface area contributed by atoms with E-state index in [-0.39, 0.29) is 10.6 Å². The van der Waals surface area contributed by atoms with E-state index in [0.29, 0.717) is 9.33 Å². The normalized spacial score (nSPS) is 11.5. The first-order valence-electron chi connectivity index (χ1n) is 11.7. The smallest absolute Gasteiger partial charge is 0.293 e. The molecular weight excluding hydrogens is 542 g/mol. The highest BCUT2D eigenvalue weighted by molar-refractivity contribution is 7.92. The van der Waals surface area contributed by atoms with Gasteiger partial charge < -0.3 is 4.57 Å². The molecule has 0 radical (unpaired) electrons. The average molecular weight is 566 g/mol. The summed E-state index contributed by atoms with van der Waals surface area (Å²) in [5.41, 5.74) is 4.99. The fraction of sp³-hybridized carbons (Fsp3) is 0.111. The van der Waals surface area contributed by atoms with Gasteiger partial charge in [0.05, 0.1) is 16.0 Å². The number of carbonyl (C=O) groups excluding carboxylic acids is 1. The van der Waals surface area contributed by atoms with Crippen molar-refractivity contribution in [2.75, 3.05) is 10.8 Å². The van der Waals surface area contributed by atoms with Gasteiger partial charge in [-0.2, -0.15) is 5.10 Å². The number of rotatable bonds is 9. The highest BCUT2D eigenvalue weighted by Gasteiger charge is 2.31. The van der Waals surface area contributed by atoms with Gasteiger partial charge in [-0.3, -0.25) is 14.9 Å². The van der Waals surface area contributed by atoms with Crippen LogP contribution in [-0.2, 0) is 14.8 Å². The monoisotopic (exact) mass is 565 g/mol. The van der Waals surface area contributed by atoms with Crippen LogP contribution in [0.25, 0.3) is 5.69 Å². The summed E-state index contributed by atoms with van der Waals surface area (Å²) >= 11 is 6.14. The SMILES string of the molecule is Cc1cc(/C=N\NC(=O)CN(c2ccccc2[N+](=O)[O-])S(=O)(=O)c2ccccc2)c(C)n1-c1cccc(Cl)c1. The molecule has 1 N–H and O–H groups in total. The molecule has 200 valence electrons. The number of amides is 1. The number of nitrogens with zero attached hydrogens (tertiary/aromatic N) is 4. The molecule has 0 bridgehead atoms. The van der Waals surface area contributed by atoms with E-state index in [1.165, 1.54) is 54.7 Å². The molecule has 0 fully saturated rings. The predicted octanol–water partition coefficient (Wildman–Crippen LogP) is 5.00. The third kappa shape index (κ3) is 6.00. The number of halogens is 1. The van der Waals surface area contributed by atoms with Crippen LogP contribution >= 0.6 is 11.6 Å². The molecule has 39 heavy (non-hydrogen) atoms. The van der Waals surface area contributed by atoms with Gasteiger partial charge in [-0.05, 0) is 56.3 Å². The number of benzene rings is 3. The Balaban J connectivity index is 1.60. The van der Waals surface area contributed by atoms with Gasteiger partial charge in [0.2, 0.25) is 0 Å². The van der Waals surface area contributed by atoms with Crippen molar-refractivity contribution in [1.29, 1.82) is 0 Å². The van der Waals surface area contributed by atoms with Crippen LogP contribution in [0.3, 0.4) is 0 Å². The lowest BCUT2D eigenvalue weighted by atomic mass is 10.2. The number of carbonyl (C=O) groups is 1. The number of nitro benzene ring substituents is 1. The Bertz CT molecular complexity index is 1670. The summed E-state index contributed by atoms with van der Waals surface area (Å²) in [4.78, 5) is 23.7. The van der Waals surface area contributed by atoms with Crippen LogP contribution in [-0.4, -0.2) is 36.6 Å². The zero-order chi connectivity index (χ0) is 28.2. The summed E-state index contributed by atoms with van der Waals surface area (Å²) in [5.74, 6) is -0.785. The standard InChI is InChI=1S/C27H24ClN5O5S/c1-19-15-21(20(2)32(19)23-10-8-9-22(28)16-23)17-29-30-27(34)18-31(25-13-6-7-14-26(25)33(35)36)39(37,38)24-11-4-3-5-12-24/h3-17H,18H2,1-2H3,(H,30,34)/b29-17-. The van der Waals surface area contributed by atoms with Gasteiger partial charge >= 0.3 is 0 Å². The molecule has 0 saturated heterocycles. The summed E-state index contributed by atoms with van der Waals surface area (Å²) in [6, 6.07) is 22.0. The highest BCUT2D eigenvalue weighted by Crippen LogP contribution is 2.32. The number of sulfonamides is 1. The first kappa shape index (κ1) is 27.6. The van der Waals surface area contributed by atoms with Gasteiger partial charge in [0.1, 0.15) is 12.2 Å². The van der Waals surface area contributed by atoms with Crippen molar-refractivity contribution in [1.82, 2.24) is 9.99 Å². The Labute approximate surface area is 230 Å². The molecular formula is C27H24ClN5O5S. The number of nitrogens with one attached hydrogen (secondary N) is 1. The molecule has 0 atom stereocenters. The minimum Gasteiger partial charge on any atom is -0.318 e. The number of para-hydroxylation sites is 2. The Morgan fingerprint density at radius 2 is 1.74 bits per heavy atom. The fourth-order valence-corrected chi connectivity index (χ4v) is 5.76. The van der Waals surface area contributed by atoms with Crippen LogP contribution in [0.1, 0.15) is 17.0 Å². The molecule has 3 aromatic carbocycles. The van der Waals surface area contributed by atoms with Gasteiger partial charge in [0, 0.05) is 33.7 Å². The zero-order valence-electron chi connectivity index (χ0n) is 21.0. The minimum atomic E-state index is -4.32. The largest absolute Gasteiger partial charge is 0.318 e. The van der Waals surface area contributed by atoms with Gasteiger partial charge in [0.15, 0.2) is 0 Å². The maximum Gasteiger partial charge on any atom is 0.293 e. The van der Waals surface area contributed by atoms with Crippen LogP contribution in [0.2, 0.25) is 5.02 Å². The lowest BCUT2D eigenvalue weighted by Crippen LogP contribution is -2.39. The molecule has 0 aliphatic heterocycles. The number of aromatic nitrogens is 1. The second kappa shape index (κ2) is 11.5. The Hall–Kier alpha value is -4.48. The Morgan fingerprint density at radius 3 is 2.44 bits per heavy atom. The van der Waals surface area contributed by atoms with E-state index < -0.39 is 33.1 Å². The van der Waals surface area contributed by atoms with E-state index >= 15 is 0 Å². The van der Waals surface area contributed by atoms with Gasteiger partial charge in [0.25, 0.3) is 21.6 Å². The maximum atomic E-state index is 13.5. The van der Waals surface area contributed by atoms with Crippen LogP contribution in [0.15, 0.2) is 94.9 Å². The van der Waals surface area contributed by atoms with E-state index in [4.69, 9.17) is 11.6 Å². The van der Waals surface area contributed by atoms with Crippen LogP contribution in [0.4, 0.5) is 11.4 Å². The number of nitro groups is 1. The van der Waals surface area contributed by atoms with Crippen LogP contribution in [0.5, 0.6) is 0 Å². The fourth-order valence-electron chi connectivity index (χ4n) is 4.12. The van der Waals surface area contributed by atoms with Crippen LogP contribution < -0.4 is 9.73 Å². The van der Waals surface area contributed by atoms with Crippen LogP contribution in [0, 0.1) is 24.0 Å². The molecule has 0 aliphatic rings. The predicted molar refractivity (Wildman–Crippen MR) is 150 cm³/mol. The topological polar surface area (TPSA) is 127 Å². The summed E-state index contributed by atoms with van der Waals surface area (Å²) < 4.78 is 29.6. The summed E-state index contributed by atoms with van der Waals surface area (Å²) in [5, 5.41) is 16.2. The molecule has 1 amide bonds. The second-order valence-corrected chi connectivity index (χ2v) is 10.8. The third-order valence-corrected chi connectivity index (χ3v) is 7.90. The van der Waals surface area contributed by atoms with E-state index in [9.17, 15) is 23.3 Å². The van der Waals surface area contributed by atoms with E-state index in [2.05, 4.69) is 10.5 Å². The number of anilines is 1. The van der Waals surface area contributed by atoms with Crippen molar-refractivity contribution < 1.29 is 18.1 Å². The highest BCUT2D eigenvalue weighted by atomic mass is 35.5. The molecule has 1 aromatic heterocycles. The maximum absolute atomic E-state index is 13.5. The molecule has 4 aromatic rings. The minimum absolute atomic E-state index is 0.118. The van der Waals surface area contributed by atoms with E-state index in [1.807, 2.05) is 42.7 Å². The first-order valence-corrected chi connectivity index (χ1v) is 13.5. The molecule has 1 heterocycles. The second-order valence-electron chi connectivity index (χ2n) is 8.51. The van der Waals surface area contributed by atoms with Crippen molar-refractivity contribution in [3.63, 3.8) is 0 Å². The van der Waals surface area contributed by atoms with Gasteiger partial charge in [-0.15, -0.1) is 0 Å². The lowest BCUT2D eigenvalue weighted by molar-refractivity contribution is -0.384. The van der Waals surface area contributed by atoms with Gasteiger partial charge in [-0.1, -0.05) is 48.0 Å². The van der Waals surface area contributed by atoms with Crippen molar-refractivity contribution in [2.45, 2.75) is 18.7 Å². The molecule has 0 unspecified atom stereocenters. The Morgan fingerprint density at radius 1 is 1.05 bits per heavy atom. The summed E-state index contributed by atoms with van der Waals surface area (Å²) in [6.07, 6.45) is 1.45. The molecule has 0 spiro atoms. The van der Waals surface area contributed by atoms with Crippen molar-refractivity contribution in [2.24, 2.45) is 5.10 Å². The lowest BCUT2D eigenvalue weighted by Gasteiger charge is -2.23. The molecule has 0 aliphatic carbocycles. The van der Waals surface area contributed by atoms with Gasteiger partial charge in [-0.25, -0.2) is 18.1 Å². The first-order chi connectivity index (χ1) is 18.6. The Kier molecular flexibility index (Phi) is 8.12. The number of hydrogen-bond donors (Lipinski definition) is 1. The zero-order valence-corrected chi connectivity index (χ0v) is 22.6. The van der Waals surface area contributed by atoms with E-state index in [1.54, 1.807) is 12.1 Å². The van der Waals surface area contributed by atoms with E-state index in [0.717, 1.165) is 22.6 Å². The molecule has 10 nitrogen and oxygen atoms in total.